The maximum absolute atomic E-state index is 11.9. The zero-order valence-corrected chi connectivity index (χ0v) is 11.3. The van der Waals surface area contributed by atoms with Crippen LogP contribution in [0.5, 0.6) is 0 Å². The standard InChI is InChI=1S/C14H15N3O3/c1-9-4-3-5-10(2)13(9)16-12(18)8-17-7-11(6-15-17)14(19)20/h3-7H,8H2,1-2H3,(H,16,18)(H,19,20). The molecule has 1 amide bonds. The lowest BCUT2D eigenvalue weighted by molar-refractivity contribution is -0.116. The number of hydrogen-bond donors (Lipinski definition) is 2. The summed E-state index contributed by atoms with van der Waals surface area (Å²) >= 11 is 0. The molecule has 0 bridgehead atoms. The molecule has 0 aliphatic rings. The zero-order valence-electron chi connectivity index (χ0n) is 11.3. The first-order chi connectivity index (χ1) is 9.47. The Kier molecular flexibility index (Phi) is 3.84. The molecule has 6 heteroatoms. The third-order valence-corrected chi connectivity index (χ3v) is 2.93. The molecule has 2 aromatic rings. The number of carboxylic acid groups (broad SMARTS) is 1. The van der Waals surface area contributed by atoms with Crippen LogP contribution < -0.4 is 5.32 Å². The molecule has 0 atom stereocenters. The van der Waals surface area contributed by atoms with Gasteiger partial charge in [0.25, 0.3) is 0 Å². The predicted octanol–water partition coefficient (Wildman–Crippen LogP) is 1.84. The highest BCUT2D eigenvalue weighted by Crippen LogP contribution is 2.19. The van der Waals surface area contributed by atoms with Gasteiger partial charge in [0.15, 0.2) is 0 Å². The van der Waals surface area contributed by atoms with Gasteiger partial charge in [-0.05, 0) is 25.0 Å². The van der Waals surface area contributed by atoms with Crippen LogP contribution in [0, 0.1) is 13.8 Å². The summed E-state index contributed by atoms with van der Waals surface area (Å²) in [5.74, 6) is -1.31. The van der Waals surface area contributed by atoms with Crippen molar-refractivity contribution in [3.63, 3.8) is 0 Å². The summed E-state index contributed by atoms with van der Waals surface area (Å²) < 4.78 is 1.30. The highest BCUT2D eigenvalue weighted by Gasteiger charge is 2.10. The van der Waals surface area contributed by atoms with Crippen molar-refractivity contribution in [1.82, 2.24) is 9.78 Å². The largest absolute Gasteiger partial charge is 0.478 e. The Morgan fingerprint density at radius 3 is 2.50 bits per heavy atom. The van der Waals surface area contributed by atoms with Crippen LogP contribution in [0.1, 0.15) is 21.5 Å². The highest BCUT2D eigenvalue weighted by molar-refractivity contribution is 5.92. The van der Waals surface area contributed by atoms with Gasteiger partial charge in [0.1, 0.15) is 6.54 Å². The number of aromatic carboxylic acids is 1. The fourth-order valence-corrected chi connectivity index (χ4v) is 1.90. The second kappa shape index (κ2) is 5.56. The Balaban J connectivity index is 2.07. The Morgan fingerprint density at radius 1 is 1.30 bits per heavy atom. The minimum absolute atomic E-state index is 0.0267. The second-order valence-corrected chi connectivity index (χ2v) is 4.55. The number of aromatic nitrogens is 2. The summed E-state index contributed by atoms with van der Waals surface area (Å²) in [6.45, 7) is 3.80. The van der Waals surface area contributed by atoms with Crippen molar-refractivity contribution in [2.75, 3.05) is 5.32 Å². The molecule has 0 fully saturated rings. The first kappa shape index (κ1) is 13.8. The first-order valence-electron chi connectivity index (χ1n) is 6.09. The highest BCUT2D eigenvalue weighted by atomic mass is 16.4. The third kappa shape index (κ3) is 3.03. The van der Waals surface area contributed by atoms with Crippen molar-refractivity contribution in [3.8, 4) is 0 Å². The number of hydrogen-bond acceptors (Lipinski definition) is 3. The van der Waals surface area contributed by atoms with Crippen LogP contribution >= 0.6 is 0 Å². The number of amides is 1. The van der Waals surface area contributed by atoms with Crippen molar-refractivity contribution in [2.45, 2.75) is 20.4 Å². The number of anilines is 1. The quantitative estimate of drug-likeness (QED) is 0.890. The van der Waals surface area contributed by atoms with Gasteiger partial charge in [-0.25, -0.2) is 4.79 Å². The molecule has 0 saturated heterocycles. The summed E-state index contributed by atoms with van der Waals surface area (Å²) in [7, 11) is 0. The normalized spacial score (nSPS) is 10.3. The molecule has 1 aromatic heterocycles. The smallest absolute Gasteiger partial charge is 0.338 e. The molecule has 0 aliphatic carbocycles. The van der Waals surface area contributed by atoms with Crippen molar-refractivity contribution in [2.24, 2.45) is 0 Å². The molecule has 0 radical (unpaired) electrons. The summed E-state index contributed by atoms with van der Waals surface area (Å²) in [5.41, 5.74) is 2.79. The van der Waals surface area contributed by atoms with E-state index in [1.54, 1.807) is 0 Å². The lowest BCUT2D eigenvalue weighted by Crippen LogP contribution is -2.20. The number of carbonyl (C=O) groups is 2. The minimum Gasteiger partial charge on any atom is -0.478 e. The van der Waals surface area contributed by atoms with Crippen LogP contribution in [0.3, 0.4) is 0 Å². The Labute approximate surface area is 116 Å². The van der Waals surface area contributed by atoms with Crippen LogP contribution in [0.25, 0.3) is 0 Å². The maximum atomic E-state index is 11.9. The second-order valence-electron chi connectivity index (χ2n) is 4.55. The summed E-state index contributed by atoms with van der Waals surface area (Å²) in [6, 6.07) is 5.76. The zero-order chi connectivity index (χ0) is 14.7. The molecule has 0 spiro atoms. The van der Waals surface area contributed by atoms with E-state index < -0.39 is 5.97 Å². The fraction of sp³-hybridized carbons (Fsp3) is 0.214. The van der Waals surface area contributed by atoms with Gasteiger partial charge in [-0.2, -0.15) is 5.10 Å². The molecule has 2 N–H and O–H groups in total. The predicted molar refractivity (Wildman–Crippen MR) is 73.7 cm³/mol. The van der Waals surface area contributed by atoms with Crippen LogP contribution in [-0.2, 0) is 11.3 Å². The summed E-state index contributed by atoms with van der Waals surface area (Å²) in [5, 5.41) is 15.4. The minimum atomic E-state index is -1.06. The summed E-state index contributed by atoms with van der Waals surface area (Å²) in [6.07, 6.45) is 2.54. The van der Waals surface area contributed by atoms with Gasteiger partial charge in [-0.15, -0.1) is 0 Å². The van der Waals surface area contributed by atoms with Crippen LogP contribution in [0.15, 0.2) is 30.6 Å². The topological polar surface area (TPSA) is 84.2 Å². The number of benzene rings is 1. The van der Waals surface area contributed by atoms with Gasteiger partial charge >= 0.3 is 5.97 Å². The Bertz CT molecular complexity index is 641. The number of carbonyl (C=O) groups excluding carboxylic acids is 1. The Morgan fingerprint density at radius 2 is 1.95 bits per heavy atom. The molecule has 1 aromatic carbocycles. The molecule has 2 rings (SSSR count). The van der Waals surface area contributed by atoms with Crippen LogP contribution in [0.4, 0.5) is 5.69 Å². The molecule has 1 heterocycles. The van der Waals surface area contributed by atoms with Gasteiger partial charge in [-0.3, -0.25) is 9.48 Å². The number of para-hydroxylation sites is 1. The van der Waals surface area contributed by atoms with E-state index in [2.05, 4.69) is 10.4 Å². The van der Waals surface area contributed by atoms with Gasteiger partial charge < -0.3 is 10.4 Å². The van der Waals surface area contributed by atoms with Crippen molar-refractivity contribution >= 4 is 17.6 Å². The molecular weight excluding hydrogens is 258 g/mol. The van der Waals surface area contributed by atoms with E-state index in [1.165, 1.54) is 17.1 Å². The number of nitrogens with one attached hydrogen (secondary N) is 1. The van der Waals surface area contributed by atoms with E-state index in [-0.39, 0.29) is 18.0 Å². The average Bonchev–Trinajstić information content (AvgIpc) is 2.82. The van der Waals surface area contributed by atoms with E-state index in [4.69, 9.17) is 5.11 Å². The van der Waals surface area contributed by atoms with E-state index in [1.807, 2.05) is 32.0 Å². The summed E-state index contributed by atoms with van der Waals surface area (Å²) in [4.78, 5) is 22.7. The average molecular weight is 273 g/mol. The molecule has 6 nitrogen and oxygen atoms in total. The number of aryl methyl sites for hydroxylation is 2. The number of rotatable bonds is 4. The van der Waals surface area contributed by atoms with Crippen LogP contribution in [-0.4, -0.2) is 26.8 Å². The van der Waals surface area contributed by atoms with Crippen molar-refractivity contribution in [3.05, 3.63) is 47.3 Å². The SMILES string of the molecule is Cc1cccc(C)c1NC(=O)Cn1cc(C(=O)O)cn1. The van der Waals surface area contributed by atoms with E-state index in [0.717, 1.165) is 16.8 Å². The lowest BCUT2D eigenvalue weighted by Gasteiger charge is -2.11. The fourth-order valence-electron chi connectivity index (χ4n) is 1.90. The Hall–Kier alpha value is -2.63. The van der Waals surface area contributed by atoms with Crippen molar-refractivity contribution < 1.29 is 14.7 Å². The third-order valence-electron chi connectivity index (χ3n) is 2.93. The molecule has 20 heavy (non-hydrogen) atoms. The lowest BCUT2D eigenvalue weighted by atomic mass is 10.1. The monoisotopic (exact) mass is 273 g/mol. The van der Waals surface area contributed by atoms with E-state index in [9.17, 15) is 9.59 Å². The van der Waals surface area contributed by atoms with Crippen molar-refractivity contribution in [1.29, 1.82) is 0 Å². The maximum Gasteiger partial charge on any atom is 0.338 e. The van der Waals surface area contributed by atoms with Gasteiger partial charge in [0, 0.05) is 11.9 Å². The van der Waals surface area contributed by atoms with Gasteiger partial charge in [0.05, 0.1) is 11.8 Å². The van der Waals surface area contributed by atoms with E-state index >= 15 is 0 Å². The molecule has 0 aliphatic heterocycles. The number of carboxylic acids is 1. The van der Waals surface area contributed by atoms with E-state index in [0.29, 0.717) is 0 Å². The van der Waals surface area contributed by atoms with Gasteiger partial charge in [-0.1, -0.05) is 18.2 Å². The van der Waals surface area contributed by atoms with Crippen LogP contribution in [0.2, 0.25) is 0 Å². The molecule has 0 unspecified atom stereocenters. The molecule has 104 valence electrons. The molecular formula is C14H15N3O3. The number of nitrogens with zero attached hydrogens (tertiary/aromatic N) is 2. The van der Waals surface area contributed by atoms with Gasteiger partial charge in [0.2, 0.25) is 5.91 Å². The first-order valence-corrected chi connectivity index (χ1v) is 6.09. The molecule has 0 saturated carbocycles.